The Hall–Kier alpha value is -2.82. The Labute approximate surface area is 128 Å². The summed E-state index contributed by atoms with van der Waals surface area (Å²) in [4.78, 5) is 23.2. The lowest BCUT2D eigenvalue weighted by molar-refractivity contribution is -0.142. The first kappa shape index (κ1) is 15.6. The van der Waals surface area contributed by atoms with Gasteiger partial charge in [0.05, 0.1) is 14.2 Å². The van der Waals surface area contributed by atoms with Gasteiger partial charge in [0.15, 0.2) is 6.61 Å². The van der Waals surface area contributed by atoms with Gasteiger partial charge in [-0.2, -0.15) is 0 Å². The first-order valence-electron chi connectivity index (χ1n) is 6.63. The Kier molecular flexibility index (Phi) is 5.14. The summed E-state index contributed by atoms with van der Waals surface area (Å²) >= 11 is 0. The van der Waals surface area contributed by atoms with E-state index in [0.29, 0.717) is 11.3 Å². The van der Waals surface area contributed by atoms with E-state index in [1.54, 1.807) is 12.1 Å². The molecule has 2 aromatic carbocycles. The molecular weight excluding hydrogens is 284 g/mol. The Morgan fingerprint density at radius 1 is 0.909 bits per heavy atom. The third kappa shape index (κ3) is 3.44. The highest BCUT2D eigenvalue weighted by Gasteiger charge is 2.18. The van der Waals surface area contributed by atoms with E-state index in [0.717, 1.165) is 5.56 Å². The van der Waals surface area contributed by atoms with Crippen LogP contribution >= 0.6 is 0 Å². The number of hydrogen-bond acceptors (Lipinski definition) is 5. The third-order valence-electron chi connectivity index (χ3n) is 3.07. The maximum absolute atomic E-state index is 11.9. The molecule has 22 heavy (non-hydrogen) atoms. The topological polar surface area (TPSA) is 61.8 Å². The minimum atomic E-state index is -0.530. The fourth-order valence-electron chi connectivity index (χ4n) is 2.00. The molecule has 2 aromatic rings. The van der Waals surface area contributed by atoms with E-state index in [1.165, 1.54) is 14.2 Å². The van der Waals surface area contributed by atoms with Crippen LogP contribution in [-0.4, -0.2) is 32.8 Å². The van der Waals surface area contributed by atoms with Crippen LogP contribution in [0.15, 0.2) is 48.5 Å². The van der Waals surface area contributed by atoms with Crippen molar-refractivity contribution >= 4 is 11.9 Å². The van der Waals surface area contributed by atoms with E-state index in [4.69, 9.17) is 9.47 Å². The number of carbonyl (C=O) groups is 2. The molecule has 0 saturated heterocycles. The lowest BCUT2D eigenvalue weighted by atomic mass is 10.0. The second-order valence-electron chi connectivity index (χ2n) is 4.40. The average molecular weight is 300 g/mol. The Bertz CT molecular complexity index is 664. The van der Waals surface area contributed by atoms with Crippen LogP contribution in [0.2, 0.25) is 0 Å². The molecule has 5 heteroatoms. The smallest absolute Gasteiger partial charge is 0.343 e. The fraction of sp³-hybridized carbons (Fsp3) is 0.176. The molecule has 0 aromatic heterocycles. The predicted octanol–water partition coefficient (Wildman–Crippen LogP) is 2.69. The summed E-state index contributed by atoms with van der Waals surface area (Å²) < 4.78 is 14.9. The normalized spacial score (nSPS) is 9.91. The second-order valence-corrected chi connectivity index (χ2v) is 4.40. The van der Waals surface area contributed by atoms with E-state index in [-0.39, 0.29) is 12.2 Å². The number of benzene rings is 2. The standard InChI is InChI=1S/C17H16O5/c1-20-15(18)11-22-16-13(12-7-4-3-5-8-12)9-6-10-14(16)17(19)21-2/h3-10H,11H2,1-2H3. The summed E-state index contributed by atoms with van der Waals surface area (Å²) in [6.07, 6.45) is 0. The van der Waals surface area contributed by atoms with E-state index in [2.05, 4.69) is 4.74 Å². The van der Waals surface area contributed by atoms with Crippen molar-refractivity contribution in [2.45, 2.75) is 0 Å². The fourth-order valence-corrected chi connectivity index (χ4v) is 2.00. The van der Waals surface area contributed by atoms with Crippen molar-refractivity contribution in [3.05, 3.63) is 54.1 Å². The predicted molar refractivity (Wildman–Crippen MR) is 80.7 cm³/mol. The van der Waals surface area contributed by atoms with Gasteiger partial charge < -0.3 is 14.2 Å². The molecule has 0 amide bonds. The minimum Gasteiger partial charge on any atom is -0.480 e. The van der Waals surface area contributed by atoms with E-state index in [1.807, 2.05) is 36.4 Å². The summed E-state index contributed by atoms with van der Waals surface area (Å²) in [6, 6.07) is 14.6. The van der Waals surface area contributed by atoms with Gasteiger partial charge in [-0.05, 0) is 11.6 Å². The molecule has 5 nitrogen and oxygen atoms in total. The third-order valence-corrected chi connectivity index (χ3v) is 3.07. The van der Waals surface area contributed by atoms with Crippen molar-refractivity contribution in [1.29, 1.82) is 0 Å². The molecule has 0 N–H and O–H groups in total. The molecule has 0 spiro atoms. The summed E-state index contributed by atoms with van der Waals surface area (Å²) in [5.41, 5.74) is 1.83. The number of rotatable bonds is 5. The van der Waals surface area contributed by atoms with Crippen LogP contribution in [0.1, 0.15) is 10.4 Å². The zero-order chi connectivity index (χ0) is 15.9. The maximum Gasteiger partial charge on any atom is 0.343 e. The highest BCUT2D eigenvalue weighted by molar-refractivity contribution is 5.95. The van der Waals surface area contributed by atoms with Gasteiger partial charge in [0.2, 0.25) is 0 Å². The van der Waals surface area contributed by atoms with E-state index < -0.39 is 11.9 Å². The van der Waals surface area contributed by atoms with Crippen molar-refractivity contribution in [1.82, 2.24) is 0 Å². The number of para-hydroxylation sites is 1. The summed E-state index contributed by atoms with van der Waals surface area (Å²) in [5, 5.41) is 0. The van der Waals surface area contributed by atoms with Crippen LogP contribution in [0.25, 0.3) is 11.1 Å². The Balaban J connectivity index is 2.48. The lowest BCUT2D eigenvalue weighted by Gasteiger charge is -2.14. The molecule has 0 aliphatic heterocycles. The number of esters is 2. The first-order valence-corrected chi connectivity index (χ1v) is 6.63. The van der Waals surface area contributed by atoms with Crippen molar-refractivity contribution in [3.8, 4) is 16.9 Å². The van der Waals surface area contributed by atoms with Gasteiger partial charge in [0, 0.05) is 5.56 Å². The number of methoxy groups -OCH3 is 2. The van der Waals surface area contributed by atoms with Crippen molar-refractivity contribution in [3.63, 3.8) is 0 Å². The molecule has 0 aliphatic rings. The van der Waals surface area contributed by atoms with Crippen molar-refractivity contribution < 1.29 is 23.8 Å². The zero-order valence-corrected chi connectivity index (χ0v) is 12.4. The SMILES string of the molecule is COC(=O)COc1c(C(=O)OC)cccc1-c1ccccc1. The Morgan fingerprint density at radius 3 is 2.27 bits per heavy atom. The zero-order valence-electron chi connectivity index (χ0n) is 12.4. The highest BCUT2D eigenvalue weighted by atomic mass is 16.6. The van der Waals surface area contributed by atoms with Crippen molar-refractivity contribution in [2.24, 2.45) is 0 Å². The molecule has 0 bridgehead atoms. The van der Waals surface area contributed by atoms with Gasteiger partial charge in [-0.25, -0.2) is 9.59 Å². The van der Waals surface area contributed by atoms with Crippen LogP contribution in [0.5, 0.6) is 5.75 Å². The van der Waals surface area contributed by atoms with Gasteiger partial charge in [-0.3, -0.25) is 0 Å². The molecule has 0 radical (unpaired) electrons. The quantitative estimate of drug-likeness (QED) is 0.794. The average Bonchev–Trinajstić information content (AvgIpc) is 2.59. The van der Waals surface area contributed by atoms with Gasteiger partial charge in [0.25, 0.3) is 0 Å². The van der Waals surface area contributed by atoms with Gasteiger partial charge in [-0.15, -0.1) is 0 Å². The second kappa shape index (κ2) is 7.26. The molecule has 0 fully saturated rings. The van der Waals surface area contributed by atoms with Crippen LogP contribution in [0.3, 0.4) is 0 Å². The largest absolute Gasteiger partial charge is 0.480 e. The summed E-state index contributed by atoms with van der Waals surface area (Å²) in [5.74, 6) is -0.762. The molecule has 2 rings (SSSR count). The first-order chi connectivity index (χ1) is 10.7. The number of hydrogen-bond donors (Lipinski definition) is 0. The lowest BCUT2D eigenvalue weighted by Crippen LogP contribution is -2.15. The minimum absolute atomic E-state index is 0.257. The summed E-state index contributed by atoms with van der Waals surface area (Å²) in [6.45, 7) is -0.287. The molecule has 0 unspecified atom stereocenters. The van der Waals surface area contributed by atoms with Crippen molar-refractivity contribution in [2.75, 3.05) is 20.8 Å². The van der Waals surface area contributed by atoms with E-state index >= 15 is 0 Å². The van der Waals surface area contributed by atoms with Gasteiger partial charge >= 0.3 is 11.9 Å². The van der Waals surface area contributed by atoms with Gasteiger partial charge in [0.1, 0.15) is 11.3 Å². The molecule has 114 valence electrons. The monoisotopic (exact) mass is 300 g/mol. The molecule has 0 atom stereocenters. The summed E-state index contributed by atoms with van der Waals surface area (Å²) in [7, 11) is 2.57. The van der Waals surface area contributed by atoms with Crippen LogP contribution < -0.4 is 4.74 Å². The van der Waals surface area contributed by atoms with Crippen LogP contribution in [0.4, 0.5) is 0 Å². The number of ether oxygens (including phenoxy) is 3. The molecule has 0 aliphatic carbocycles. The highest BCUT2D eigenvalue weighted by Crippen LogP contribution is 2.33. The number of carbonyl (C=O) groups excluding carboxylic acids is 2. The molecular formula is C17H16O5. The van der Waals surface area contributed by atoms with Crippen LogP contribution in [0, 0.1) is 0 Å². The van der Waals surface area contributed by atoms with Crippen LogP contribution in [-0.2, 0) is 14.3 Å². The molecule has 0 heterocycles. The maximum atomic E-state index is 11.9. The Morgan fingerprint density at radius 2 is 1.64 bits per heavy atom. The van der Waals surface area contributed by atoms with E-state index in [9.17, 15) is 9.59 Å². The van der Waals surface area contributed by atoms with Gasteiger partial charge in [-0.1, -0.05) is 42.5 Å². The molecule has 0 saturated carbocycles.